The van der Waals surface area contributed by atoms with Gasteiger partial charge in [0.2, 0.25) is 17.6 Å². The van der Waals surface area contributed by atoms with Gasteiger partial charge >= 0.3 is 10.2 Å². The molecular weight excluding hydrogens is 798 g/mol. The standard InChI is InChI=1S/C40H47F3N6O9S/c1-40(2,3)37(39(53)48-12-11-27(50)22-48)46-33(51)23-57-15-14-56-16-17-58-28-6-4-24(5-7-28)25-18-29-30(20-45-38(29)44-19-25)36(52)34-31(42)8-9-32(35(34)43)47-59(54,55)49-13-10-26(41)21-49/h4-9,18-20,26-27,37,47,50H,10-17,21-23H2,1-3H3,(H,44,45)(H,46,51)/t26-,27+,37?/m1/s1. The zero-order chi connectivity index (χ0) is 42.5. The normalized spacial score (nSPS) is 18.0. The van der Waals surface area contributed by atoms with Gasteiger partial charge in [-0.05, 0) is 54.2 Å². The van der Waals surface area contributed by atoms with Crippen LogP contribution in [0.4, 0.5) is 18.9 Å². The minimum absolute atomic E-state index is 0.0103. The number of rotatable bonds is 17. The van der Waals surface area contributed by atoms with Crippen LogP contribution in [0, 0.1) is 17.0 Å². The molecule has 0 aliphatic carbocycles. The van der Waals surface area contributed by atoms with Crippen LogP contribution in [0.25, 0.3) is 22.2 Å². The van der Waals surface area contributed by atoms with Crippen LogP contribution in [0.15, 0.2) is 54.9 Å². The lowest BCUT2D eigenvalue weighted by atomic mass is 9.85. The summed E-state index contributed by atoms with van der Waals surface area (Å²) in [6.45, 7) is 6.29. The molecule has 3 atom stereocenters. The summed E-state index contributed by atoms with van der Waals surface area (Å²) in [5, 5.41) is 12.8. The molecule has 2 fully saturated rings. The third-order valence-electron chi connectivity index (χ3n) is 9.95. The Bertz CT molecular complexity index is 2270. The molecule has 4 aromatic rings. The lowest BCUT2D eigenvalue weighted by Gasteiger charge is -2.33. The number of ether oxygens (including phenoxy) is 3. The fourth-order valence-corrected chi connectivity index (χ4v) is 8.02. The van der Waals surface area contributed by atoms with Crippen LogP contribution in [-0.4, -0.2) is 128 Å². The average Bonchev–Trinajstić information content (AvgIpc) is 3.95. The highest BCUT2D eigenvalue weighted by Crippen LogP contribution is 2.31. The molecule has 0 saturated carbocycles. The summed E-state index contributed by atoms with van der Waals surface area (Å²) in [5.74, 6) is -3.78. The topological polar surface area (TPSA) is 192 Å². The van der Waals surface area contributed by atoms with Crippen molar-refractivity contribution in [3.8, 4) is 16.9 Å². The average molecular weight is 845 g/mol. The van der Waals surface area contributed by atoms with E-state index >= 15 is 8.78 Å². The van der Waals surface area contributed by atoms with E-state index in [1.807, 2.05) is 25.5 Å². The number of aromatic nitrogens is 2. The Hall–Kier alpha value is -5.08. The van der Waals surface area contributed by atoms with E-state index in [0.29, 0.717) is 29.8 Å². The van der Waals surface area contributed by atoms with Gasteiger partial charge in [0.15, 0.2) is 5.82 Å². The number of β-amino-alcohol motifs (C(OH)–C–C–N with tert-alkyl or cyclic N) is 1. The number of aliphatic hydroxyl groups excluding tert-OH is 1. The highest BCUT2D eigenvalue weighted by atomic mass is 32.2. The zero-order valence-corrected chi connectivity index (χ0v) is 33.6. The van der Waals surface area contributed by atoms with Gasteiger partial charge in [-0.3, -0.25) is 19.1 Å². The maximum absolute atomic E-state index is 15.6. The largest absolute Gasteiger partial charge is 0.491 e. The summed E-state index contributed by atoms with van der Waals surface area (Å²) in [7, 11) is -4.37. The number of amides is 2. The molecule has 59 heavy (non-hydrogen) atoms. The van der Waals surface area contributed by atoms with E-state index in [1.165, 1.54) is 6.20 Å². The molecule has 15 nitrogen and oxygen atoms in total. The molecule has 4 N–H and O–H groups in total. The zero-order valence-electron chi connectivity index (χ0n) is 32.8. The van der Waals surface area contributed by atoms with Crippen LogP contribution < -0.4 is 14.8 Å². The number of fused-ring (bicyclic) bond motifs is 1. The highest BCUT2D eigenvalue weighted by Gasteiger charge is 2.38. The number of carbonyl (C=O) groups excluding carboxylic acids is 3. The first-order chi connectivity index (χ1) is 28.0. The number of likely N-dealkylation sites (tertiary alicyclic amines) is 1. The van der Waals surface area contributed by atoms with Crippen molar-refractivity contribution >= 4 is 44.5 Å². The highest BCUT2D eigenvalue weighted by molar-refractivity contribution is 7.90. The molecule has 6 rings (SSSR count). The maximum atomic E-state index is 15.6. The number of halogens is 3. The number of H-pyrrole nitrogens is 1. The first-order valence-corrected chi connectivity index (χ1v) is 20.5. The van der Waals surface area contributed by atoms with Gasteiger partial charge in [-0.2, -0.15) is 12.7 Å². The van der Waals surface area contributed by atoms with Crippen molar-refractivity contribution in [2.75, 3.05) is 63.9 Å². The molecule has 2 aromatic heterocycles. The Balaban J connectivity index is 0.976. The van der Waals surface area contributed by atoms with Crippen molar-refractivity contribution in [2.24, 2.45) is 5.41 Å². The maximum Gasteiger partial charge on any atom is 0.301 e. The van der Waals surface area contributed by atoms with Crippen molar-refractivity contribution in [2.45, 2.75) is 51.9 Å². The van der Waals surface area contributed by atoms with Crippen LogP contribution in [-0.2, 0) is 29.3 Å². The van der Waals surface area contributed by atoms with Crippen LogP contribution in [0.5, 0.6) is 5.75 Å². The molecule has 318 valence electrons. The van der Waals surface area contributed by atoms with Gasteiger partial charge < -0.3 is 34.5 Å². The molecule has 0 spiro atoms. The molecule has 4 heterocycles. The van der Waals surface area contributed by atoms with Gasteiger partial charge in [0, 0.05) is 55.1 Å². The molecule has 0 bridgehead atoms. The van der Waals surface area contributed by atoms with Gasteiger partial charge in [0.1, 0.15) is 42.6 Å². The van der Waals surface area contributed by atoms with Crippen molar-refractivity contribution in [1.29, 1.82) is 0 Å². The molecule has 2 amide bonds. The van der Waals surface area contributed by atoms with Gasteiger partial charge in [0.25, 0.3) is 0 Å². The first-order valence-electron chi connectivity index (χ1n) is 19.1. The van der Waals surface area contributed by atoms with Crippen molar-refractivity contribution in [3.63, 3.8) is 0 Å². The number of pyridine rings is 1. The fraction of sp³-hybridized carbons (Fsp3) is 0.450. The number of nitrogens with one attached hydrogen (secondary N) is 3. The van der Waals surface area contributed by atoms with E-state index in [-0.39, 0.29) is 75.0 Å². The van der Waals surface area contributed by atoms with Gasteiger partial charge in [-0.25, -0.2) is 18.2 Å². The van der Waals surface area contributed by atoms with Crippen molar-refractivity contribution in [3.05, 3.63) is 77.6 Å². The molecule has 2 saturated heterocycles. The van der Waals surface area contributed by atoms with Crippen molar-refractivity contribution in [1.82, 2.24) is 24.5 Å². The molecule has 2 aliphatic rings. The second-order valence-electron chi connectivity index (χ2n) is 15.4. The fourth-order valence-electron chi connectivity index (χ4n) is 6.76. The van der Waals surface area contributed by atoms with E-state index in [2.05, 4.69) is 15.3 Å². The lowest BCUT2D eigenvalue weighted by Crippen LogP contribution is -2.55. The van der Waals surface area contributed by atoms with Crippen molar-refractivity contribution < 1.29 is 55.3 Å². The van der Waals surface area contributed by atoms with Crippen LogP contribution in [0.1, 0.15) is 49.5 Å². The van der Waals surface area contributed by atoms with Gasteiger partial charge in [-0.15, -0.1) is 0 Å². The number of hydrogen-bond acceptors (Lipinski definition) is 10. The second kappa shape index (κ2) is 18.5. The summed E-state index contributed by atoms with van der Waals surface area (Å²) >= 11 is 0. The Kier molecular flexibility index (Phi) is 13.6. The third kappa shape index (κ3) is 10.6. The Morgan fingerprint density at radius 1 is 0.983 bits per heavy atom. The number of benzene rings is 2. The second-order valence-corrected chi connectivity index (χ2v) is 17.1. The molecule has 0 radical (unpaired) electrons. The van der Waals surface area contributed by atoms with E-state index in [9.17, 15) is 32.3 Å². The van der Waals surface area contributed by atoms with Gasteiger partial charge in [-0.1, -0.05) is 32.9 Å². The third-order valence-corrected chi connectivity index (χ3v) is 11.4. The van der Waals surface area contributed by atoms with Crippen LogP contribution in [0.2, 0.25) is 0 Å². The molecule has 19 heteroatoms. The number of aliphatic hydroxyl groups is 1. The summed E-state index contributed by atoms with van der Waals surface area (Å²) in [4.78, 5) is 47.9. The van der Waals surface area contributed by atoms with E-state index < -0.39 is 75.1 Å². The number of nitrogens with zero attached hydrogens (tertiary/aromatic N) is 3. The molecule has 1 unspecified atom stereocenters. The summed E-state index contributed by atoms with van der Waals surface area (Å²) in [6.07, 6.45) is 1.40. The summed E-state index contributed by atoms with van der Waals surface area (Å²) in [5.41, 5.74) is -0.706. The SMILES string of the molecule is CC(C)(C)C(NC(=O)COCCOCCOc1ccc(-c2cnc3[nH]cc(C(=O)c4c(F)ccc(NS(=O)(=O)N5CC[C@@H](F)C5)c4F)c3c2)cc1)C(=O)N1CC[C@H](O)C1. The predicted molar refractivity (Wildman–Crippen MR) is 211 cm³/mol. The summed E-state index contributed by atoms with van der Waals surface area (Å²) < 4.78 is 89.3. The molecule has 2 aromatic carbocycles. The Morgan fingerprint density at radius 3 is 2.39 bits per heavy atom. The van der Waals surface area contributed by atoms with Gasteiger partial charge in [0.05, 0.1) is 37.2 Å². The predicted octanol–water partition coefficient (Wildman–Crippen LogP) is 3.98. The van der Waals surface area contributed by atoms with E-state index in [0.717, 1.165) is 16.4 Å². The number of anilines is 1. The van der Waals surface area contributed by atoms with E-state index in [1.54, 1.807) is 41.4 Å². The minimum atomic E-state index is -4.37. The number of aromatic amines is 1. The quantitative estimate of drug-likeness (QED) is 0.0894. The molecule has 2 aliphatic heterocycles. The smallest absolute Gasteiger partial charge is 0.301 e. The number of ketones is 1. The monoisotopic (exact) mass is 844 g/mol. The lowest BCUT2D eigenvalue weighted by molar-refractivity contribution is -0.140. The van der Waals surface area contributed by atoms with E-state index in [4.69, 9.17) is 14.2 Å². The Labute approximate surface area is 339 Å². The number of carbonyl (C=O) groups is 3. The number of hydrogen-bond donors (Lipinski definition) is 4. The first kappa shape index (κ1) is 43.5. The Morgan fingerprint density at radius 2 is 1.71 bits per heavy atom. The van der Waals surface area contributed by atoms with Crippen LogP contribution in [0.3, 0.4) is 0 Å². The van der Waals surface area contributed by atoms with Crippen LogP contribution >= 0.6 is 0 Å². The molecular formula is C40H47F3N6O9S. The summed E-state index contributed by atoms with van der Waals surface area (Å²) in [6, 6.07) is 9.47. The minimum Gasteiger partial charge on any atom is -0.491 e. The number of alkyl halides is 1.